The van der Waals surface area contributed by atoms with Gasteiger partial charge in [0.05, 0.1) is 30.9 Å². The molecule has 146 valence electrons. The van der Waals surface area contributed by atoms with E-state index in [1.165, 1.54) is 11.1 Å². The molecule has 1 aliphatic heterocycles. The van der Waals surface area contributed by atoms with Crippen LogP contribution >= 0.6 is 0 Å². The number of hydrogen-bond acceptors (Lipinski definition) is 5. The summed E-state index contributed by atoms with van der Waals surface area (Å²) in [6, 6.07) is 11.6. The number of nitrogens with zero attached hydrogens (tertiary/aromatic N) is 1. The van der Waals surface area contributed by atoms with Crippen molar-refractivity contribution in [3.8, 4) is 0 Å². The largest absolute Gasteiger partial charge is 0.468 e. The molecule has 1 saturated heterocycles. The Kier molecular flexibility index (Phi) is 6.34. The van der Waals surface area contributed by atoms with Gasteiger partial charge in [0.15, 0.2) is 9.84 Å². The van der Waals surface area contributed by atoms with Crippen LogP contribution in [0.2, 0.25) is 0 Å². The first-order valence-corrected chi connectivity index (χ1v) is 11.0. The molecular formula is C20H26N2O4S. The molecule has 7 heteroatoms. The zero-order valence-corrected chi connectivity index (χ0v) is 16.4. The molecule has 3 rings (SSSR count). The fraction of sp³-hybridized carbons (Fsp3) is 0.450. The van der Waals surface area contributed by atoms with Crippen LogP contribution in [-0.2, 0) is 27.6 Å². The zero-order chi connectivity index (χ0) is 19.3. The van der Waals surface area contributed by atoms with E-state index < -0.39 is 9.84 Å². The van der Waals surface area contributed by atoms with Gasteiger partial charge < -0.3 is 9.73 Å². The van der Waals surface area contributed by atoms with E-state index >= 15 is 0 Å². The van der Waals surface area contributed by atoms with Gasteiger partial charge >= 0.3 is 0 Å². The Labute approximate surface area is 160 Å². The quantitative estimate of drug-likeness (QED) is 0.745. The number of amides is 1. The molecule has 2 heterocycles. The fourth-order valence-electron chi connectivity index (χ4n) is 3.45. The molecular weight excluding hydrogens is 364 g/mol. The average Bonchev–Trinajstić information content (AvgIpc) is 3.25. The highest BCUT2D eigenvalue weighted by Crippen LogP contribution is 2.20. The van der Waals surface area contributed by atoms with Crippen LogP contribution in [0, 0.1) is 6.92 Å². The second-order valence-electron chi connectivity index (χ2n) is 7.07. The fourth-order valence-corrected chi connectivity index (χ4v) is 5.21. The van der Waals surface area contributed by atoms with Crippen molar-refractivity contribution in [2.75, 3.05) is 24.6 Å². The van der Waals surface area contributed by atoms with Crippen molar-refractivity contribution in [2.45, 2.75) is 32.4 Å². The Bertz CT molecular complexity index is 862. The highest BCUT2D eigenvalue weighted by atomic mass is 32.2. The van der Waals surface area contributed by atoms with E-state index in [0.29, 0.717) is 19.5 Å². The molecule has 0 saturated carbocycles. The molecule has 0 radical (unpaired) electrons. The Morgan fingerprint density at radius 3 is 2.74 bits per heavy atom. The molecule has 1 aromatic heterocycles. The molecule has 1 amide bonds. The number of rotatable bonds is 8. The predicted molar refractivity (Wildman–Crippen MR) is 104 cm³/mol. The van der Waals surface area contributed by atoms with Crippen molar-refractivity contribution in [3.05, 3.63) is 59.5 Å². The van der Waals surface area contributed by atoms with Gasteiger partial charge in [-0.25, -0.2) is 8.42 Å². The Hall–Kier alpha value is -2.12. The van der Waals surface area contributed by atoms with Crippen molar-refractivity contribution in [1.82, 2.24) is 10.2 Å². The zero-order valence-electron chi connectivity index (χ0n) is 15.6. The molecule has 27 heavy (non-hydrogen) atoms. The molecule has 1 aromatic carbocycles. The lowest BCUT2D eigenvalue weighted by atomic mass is 10.1. The van der Waals surface area contributed by atoms with E-state index in [2.05, 4.69) is 24.4 Å². The van der Waals surface area contributed by atoms with Gasteiger partial charge in [-0.15, -0.1) is 0 Å². The number of furan rings is 1. The van der Waals surface area contributed by atoms with E-state index in [1.54, 1.807) is 12.3 Å². The number of hydrogen-bond donors (Lipinski definition) is 1. The van der Waals surface area contributed by atoms with Crippen molar-refractivity contribution in [1.29, 1.82) is 0 Å². The normalized spacial score (nSPS) is 18.7. The van der Waals surface area contributed by atoms with Gasteiger partial charge in [-0.2, -0.15) is 0 Å². The number of aryl methyl sites for hydroxylation is 1. The van der Waals surface area contributed by atoms with Crippen LogP contribution in [-0.4, -0.2) is 49.9 Å². The summed E-state index contributed by atoms with van der Waals surface area (Å²) < 4.78 is 29.1. The first-order chi connectivity index (χ1) is 12.9. The van der Waals surface area contributed by atoms with Crippen LogP contribution in [0.4, 0.5) is 0 Å². The summed E-state index contributed by atoms with van der Waals surface area (Å²) in [4.78, 5) is 14.4. The third-order valence-corrected chi connectivity index (χ3v) is 6.74. The highest BCUT2D eigenvalue weighted by molar-refractivity contribution is 7.91. The highest BCUT2D eigenvalue weighted by Gasteiger charge is 2.33. The summed E-state index contributed by atoms with van der Waals surface area (Å²) in [5.41, 5.74) is 2.43. The third-order valence-electron chi connectivity index (χ3n) is 4.99. The molecule has 0 bridgehead atoms. The van der Waals surface area contributed by atoms with Crippen LogP contribution in [0.3, 0.4) is 0 Å². The summed E-state index contributed by atoms with van der Waals surface area (Å²) >= 11 is 0. The maximum atomic E-state index is 12.4. The van der Waals surface area contributed by atoms with Crippen LogP contribution in [0.5, 0.6) is 0 Å². The topological polar surface area (TPSA) is 79.6 Å². The van der Waals surface area contributed by atoms with Crippen molar-refractivity contribution >= 4 is 15.7 Å². The van der Waals surface area contributed by atoms with Crippen LogP contribution in [0.15, 0.2) is 47.1 Å². The number of nitrogens with one attached hydrogen (secondary N) is 1. The lowest BCUT2D eigenvalue weighted by Crippen LogP contribution is -2.43. The molecule has 1 fully saturated rings. The van der Waals surface area contributed by atoms with E-state index in [-0.39, 0.29) is 30.0 Å². The monoisotopic (exact) mass is 390 g/mol. The smallest absolute Gasteiger partial charge is 0.234 e. The molecule has 1 N–H and O–H groups in total. The second-order valence-corrected chi connectivity index (χ2v) is 9.30. The SMILES string of the molecule is Cc1ccccc1CCNC(=O)CN(Cc1ccco1)C1CCS(=O)(=O)C1. The lowest BCUT2D eigenvalue weighted by Gasteiger charge is -2.26. The van der Waals surface area contributed by atoms with Crippen molar-refractivity contribution in [3.63, 3.8) is 0 Å². The minimum atomic E-state index is -3.02. The number of benzene rings is 1. The van der Waals surface area contributed by atoms with Gasteiger partial charge in [-0.3, -0.25) is 9.69 Å². The molecule has 0 aliphatic carbocycles. The van der Waals surface area contributed by atoms with E-state index in [4.69, 9.17) is 4.42 Å². The maximum Gasteiger partial charge on any atom is 0.234 e. The predicted octanol–water partition coefficient (Wildman–Crippen LogP) is 1.94. The standard InChI is InChI=1S/C20H26N2O4S/c1-16-5-2-3-6-17(16)8-10-21-20(23)14-22(13-19-7-4-11-26-19)18-9-12-27(24,25)15-18/h2-7,11,18H,8-10,12-15H2,1H3,(H,21,23). The van der Waals surface area contributed by atoms with Gasteiger partial charge in [0, 0.05) is 12.6 Å². The van der Waals surface area contributed by atoms with Gasteiger partial charge in [-0.1, -0.05) is 24.3 Å². The van der Waals surface area contributed by atoms with Gasteiger partial charge in [0.25, 0.3) is 0 Å². The second kappa shape index (κ2) is 8.71. The molecule has 2 aromatic rings. The molecule has 1 atom stereocenters. The Morgan fingerprint density at radius 1 is 1.26 bits per heavy atom. The first-order valence-electron chi connectivity index (χ1n) is 9.21. The summed E-state index contributed by atoms with van der Waals surface area (Å²) in [6.45, 7) is 3.21. The number of sulfone groups is 1. The van der Waals surface area contributed by atoms with Crippen LogP contribution in [0.1, 0.15) is 23.3 Å². The summed E-state index contributed by atoms with van der Waals surface area (Å²) in [6.07, 6.45) is 2.91. The summed E-state index contributed by atoms with van der Waals surface area (Å²) in [5.74, 6) is 0.914. The number of carbonyl (C=O) groups excluding carboxylic acids is 1. The van der Waals surface area contributed by atoms with Crippen molar-refractivity contribution in [2.24, 2.45) is 0 Å². The van der Waals surface area contributed by atoms with E-state index in [0.717, 1.165) is 12.2 Å². The van der Waals surface area contributed by atoms with E-state index in [1.807, 2.05) is 23.1 Å². The third kappa shape index (κ3) is 5.68. The maximum absolute atomic E-state index is 12.4. The van der Waals surface area contributed by atoms with Gasteiger partial charge in [0.1, 0.15) is 5.76 Å². The molecule has 1 aliphatic rings. The average molecular weight is 391 g/mol. The van der Waals surface area contributed by atoms with Crippen LogP contribution in [0.25, 0.3) is 0 Å². The van der Waals surface area contributed by atoms with E-state index in [9.17, 15) is 13.2 Å². The minimum Gasteiger partial charge on any atom is -0.468 e. The molecule has 0 spiro atoms. The first kappa shape index (κ1) is 19.6. The molecule has 6 nitrogen and oxygen atoms in total. The van der Waals surface area contributed by atoms with Gasteiger partial charge in [-0.05, 0) is 43.0 Å². The minimum absolute atomic E-state index is 0.0977. The Balaban J connectivity index is 1.56. The summed E-state index contributed by atoms with van der Waals surface area (Å²) in [5, 5.41) is 2.95. The Morgan fingerprint density at radius 2 is 2.07 bits per heavy atom. The number of carbonyl (C=O) groups is 1. The lowest BCUT2D eigenvalue weighted by molar-refractivity contribution is -0.122. The van der Waals surface area contributed by atoms with Crippen LogP contribution < -0.4 is 5.32 Å². The van der Waals surface area contributed by atoms with Gasteiger partial charge in [0.2, 0.25) is 5.91 Å². The molecule has 1 unspecified atom stereocenters. The van der Waals surface area contributed by atoms with Crippen molar-refractivity contribution < 1.29 is 17.6 Å². The summed E-state index contributed by atoms with van der Waals surface area (Å²) in [7, 11) is -3.02.